The van der Waals surface area contributed by atoms with Crippen molar-refractivity contribution in [3.8, 4) is 17.1 Å². The van der Waals surface area contributed by atoms with Gasteiger partial charge in [-0.15, -0.1) is 10.2 Å². The largest absolute Gasteiger partial charge is 0.495 e. The number of hydrogen-bond donors (Lipinski definition) is 0. The molecule has 2 aromatic carbocycles. The minimum absolute atomic E-state index is 0.145. The molecule has 0 radical (unpaired) electrons. The molecule has 0 amide bonds. The third-order valence-electron chi connectivity index (χ3n) is 5.18. The van der Waals surface area contributed by atoms with E-state index in [2.05, 4.69) is 10.2 Å². The second-order valence-electron chi connectivity index (χ2n) is 6.86. The highest BCUT2D eigenvalue weighted by molar-refractivity contribution is 7.89. The number of methoxy groups -OCH3 is 1. The molecule has 0 atom stereocenters. The zero-order valence-electron chi connectivity index (χ0n) is 15.9. The summed E-state index contributed by atoms with van der Waals surface area (Å²) in [6.07, 6.45) is 3.09. The van der Waals surface area contributed by atoms with E-state index in [-0.39, 0.29) is 16.0 Å². The summed E-state index contributed by atoms with van der Waals surface area (Å²) < 4.78 is 34.7. The van der Waals surface area contributed by atoms with Gasteiger partial charge in [-0.1, -0.05) is 41.9 Å². The zero-order valence-corrected chi connectivity index (χ0v) is 17.5. The molecular weight excluding hydrogens is 412 g/mol. The molecule has 3 aromatic rings. The first-order chi connectivity index (χ1) is 14.0. The number of piperidine rings is 1. The van der Waals surface area contributed by atoms with Gasteiger partial charge in [0, 0.05) is 24.7 Å². The van der Waals surface area contributed by atoms with Gasteiger partial charge in [-0.2, -0.15) is 4.31 Å². The highest BCUT2D eigenvalue weighted by atomic mass is 35.5. The Balaban J connectivity index is 1.50. The highest BCUT2D eigenvalue weighted by Gasteiger charge is 2.31. The molecule has 152 valence electrons. The fraction of sp³-hybridized carbons (Fsp3) is 0.300. The maximum atomic E-state index is 13.0. The summed E-state index contributed by atoms with van der Waals surface area (Å²) in [5.74, 6) is 1.25. The molecule has 0 N–H and O–H groups in total. The second-order valence-corrected chi connectivity index (χ2v) is 9.20. The van der Waals surface area contributed by atoms with Crippen molar-refractivity contribution in [3.05, 3.63) is 59.9 Å². The van der Waals surface area contributed by atoms with Crippen molar-refractivity contribution < 1.29 is 13.2 Å². The number of hydrogen-bond acceptors (Lipinski definition) is 5. The van der Waals surface area contributed by atoms with E-state index in [9.17, 15) is 8.42 Å². The van der Waals surface area contributed by atoms with Gasteiger partial charge in [0.2, 0.25) is 10.0 Å². The third kappa shape index (κ3) is 3.88. The predicted octanol–water partition coefficient (Wildman–Crippen LogP) is 3.63. The lowest BCUT2D eigenvalue weighted by Gasteiger charge is -2.32. The molecule has 0 aliphatic carbocycles. The smallest absolute Gasteiger partial charge is 0.243 e. The van der Waals surface area contributed by atoms with Crippen molar-refractivity contribution in [3.63, 3.8) is 0 Å². The topological polar surface area (TPSA) is 77.3 Å². The van der Waals surface area contributed by atoms with Crippen LogP contribution < -0.4 is 4.74 Å². The van der Waals surface area contributed by atoms with Crippen LogP contribution in [0, 0.1) is 0 Å². The summed E-state index contributed by atoms with van der Waals surface area (Å²) in [6, 6.07) is 14.6. The molecule has 29 heavy (non-hydrogen) atoms. The number of aromatic nitrogens is 3. The number of benzene rings is 2. The van der Waals surface area contributed by atoms with Crippen LogP contribution >= 0.6 is 11.6 Å². The summed E-state index contributed by atoms with van der Waals surface area (Å²) in [6.45, 7) is 0.839. The van der Waals surface area contributed by atoms with Crippen LogP contribution in [0.4, 0.5) is 0 Å². The minimum Gasteiger partial charge on any atom is -0.495 e. The zero-order chi connectivity index (χ0) is 20.4. The Kier molecular flexibility index (Phi) is 5.58. The predicted molar refractivity (Wildman–Crippen MR) is 110 cm³/mol. The van der Waals surface area contributed by atoms with Gasteiger partial charge < -0.3 is 9.30 Å². The average Bonchev–Trinajstić information content (AvgIpc) is 3.24. The molecule has 1 saturated heterocycles. The molecule has 0 bridgehead atoms. The van der Waals surface area contributed by atoms with Crippen LogP contribution in [-0.2, 0) is 10.0 Å². The maximum Gasteiger partial charge on any atom is 0.243 e. The molecule has 0 saturated carbocycles. The molecule has 0 unspecified atom stereocenters. The first kappa shape index (κ1) is 19.9. The molecule has 0 spiro atoms. The van der Waals surface area contributed by atoms with Crippen LogP contribution in [0.1, 0.15) is 18.9 Å². The number of nitrogens with zero attached hydrogens (tertiary/aromatic N) is 4. The van der Waals surface area contributed by atoms with Crippen molar-refractivity contribution >= 4 is 21.6 Å². The van der Waals surface area contributed by atoms with Crippen LogP contribution in [0.3, 0.4) is 0 Å². The molecule has 1 fully saturated rings. The van der Waals surface area contributed by atoms with Crippen LogP contribution in [-0.4, -0.2) is 47.7 Å². The van der Waals surface area contributed by atoms with E-state index in [1.165, 1.54) is 23.5 Å². The minimum atomic E-state index is -3.61. The van der Waals surface area contributed by atoms with Gasteiger partial charge in [0.15, 0.2) is 5.82 Å². The van der Waals surface area contributed by atoms with Crippen molar-refractivity contribution in [1.29, 1.82) is 0 Å². The molecule has 9 heteroatoms. The third-order valence-corrected chi connectivity index (χ3v) is 7.37. The Hall–Kier alpha value is -2.42. The normalized spacial score (nSPS) is 16.1. The van der Waals surface area contributed by atoms with E-state index in [1.54, 1.807) is 12.4 Å². The second kappa shape index (κ2) is 8.14. The van der Waals surface area contributed by atoms with Gasteiger partial charge in [-0.25, -0.2) is 8.42 Å². The molecule has 1 aromatic heterocycles. The number of ether oxygens (including phenoxy) is 1. The molecule has 2 heterocycles. The first-order valence-electron chi connectivity index (χ1n) is 9.29. The van der Waals surface area contributed by atoms with E-state index in [0.29, 0.717) is 31.7 Å². The Morgan fingerprint density at radius 3 is 2.48 bits per heavy atom. The van der Waals surface area contributed by atoms with Crippen LogP contribution in [0.5, 0.6) is 5.75 Å². The summed E-state index contributed by atoms with van der Waals surface area (Å²) in [4.78, 5) is 0.177. The molecule has 1 aliphatic heterocycles. The van der Waals surface area contributed by atoms with Gasteiger partial charge in [-0.3, -0.25) is 0 Å². The quantitative estimate of drug-likeness (QED) is 0.615. The lowest BCUT2D eigenvalue weighted by Crippen LogP contribution is -2.39. The van der Waals surface area contributed by atoms with E-state index < -0.39 is 10.0 Å². The lowest BCUT2D eigenvalue weighted by molar-refractivity contribution is 0.275. The monoisotopic (exact) mass is 432 g/mol. The Labute approximate surface area is 174 Å². The van der Waals surface area contributed by atoms with Gasteiger partial charge >= 0.3 is 0 Å². The highest BCUT2D eigenvalue weighted by Crippen LogP contribution is 2.32. The Bertz CT molecular complexity index is 1090. The molecular formula is C20H21ClN4O3S. The van der Waals surface area contributed by atoms with Gasteiger partial charge in [-0.05, 0) is 31.0 Å². The van der Waals surface area contributed by atoms with E-state index >= 15 is 0 Å². The maximum absolute atomic E-state index is 13.0. The standard InChI is InChI=1S/C20H21ClN4O3S/c1-28-19-8-7-17(13-18(19)21)29(26,27)24-11-9-16(10-12-24)25-14-22-23-20(25)15-5-3-2-4-6-15/h2-8,13-14,16H,9-12H2,1H3. The number of sulfonamides is 1. The number of halogens is 1. The van der Waals surface area contributed by atoms with Crippen LogP contribution in [0.15, 0.2) is 59.8 Å². The van der Waals surface area contributed by atoms with Crippen molar-refractivity contribution in [2.45, 2.75) is 23.8 Å². The first-order valence-corrected chi connectivity index (χ1v) is 11.1. The molecule has 7 nitrogen and oxygen atoms in total. The Morgan fingerprint density at radius 1 is 1.10 bits per heavy atom. The average molecular weight is 433 g/mol. The van der Waals surface area contributed by atoms with Gasteiger partial charge in [0.05, 0.1) is 17.0 Å². The van der Waals surface area contributed by atoms with Gasteiger partial charge in [0.25, 0.3) is 0 Å². The summed E-state index contributed by atoms with van der Waals surface area (Å²) in [5, 5.41) is 8.61. The summed E-state index contributed by atoms with van der Waals surface area (Å²) >= 11 is 6.12. The fourth-order valence-electron chi connectivity index (χ4n) is 3.62. The van der Waals surface area contributed by atoms with Gasteiger partial charge in [0.1, 0.15) is 12.1 Å². The van der Waals surface area contributed by atoms with Crippen molar-refractivity contribution in [2.75, 3.05) is 20.2 Å². The fourth-order valence-corrected chi connectivity index (χ4v) is 5.44. The van der Waals surface area contributed by atoms with E-state index in [0.717, 1.165) is 11.4 Å². The molecule has 4 rings (SSSR count). The van der Waals surface area contributed by atoms with Crippen LogP contribution in [0.2, 0.25) is 5.02 Å². The van der Waals surface area contributed by atoms with E-state index in [1.807, 2.05) is 34.9 Å². The van der Waals surface area contributed by atoms with Crippen molar-refractivity contribution in [2.24, 2.45) is 0 Å². The summed E-state index contributed by atoms with van der Waals surface area (Å²) in [7, 11) is -2.12. The SMILES string of the molecule is COc1ccc(S(=O)(=O)N2CCC(n3cnnc3-c3ccccc3)CC2)cc1Cl. The lowest BCUT2D eigenvalue weighted by atomic mass is 10.1. The Morgan fingerprint density at radius 2 is 1.83 bits per heavy atom. The van der Waals surface area contributed by atoms with E-state index in [4.69, 9.17) is 16.3 Å². The van der Waals surface area contributed by atoms with Crippen LogP contribution in [0.25, 0.3) is 11.4 Å². The number of rotatable bonds is 5. The summed E-state index contributed by atoms with van der Waals surface area (Å²) in [5.41, 5.74) is 0.993. The molecule has 1 aliphatic rings. The van der Waals surface area contributed by atoms with Crippen molar-refractivity contribution in [1.82, 2.24) is 19.1 Å².